The van der Waals surface area contributed by atoms with E-state index in [4.69, 9.17) is 5.10 Å². The summed E-state index contributed by atoms with van der Waals surface area (Å²) in [6, 6.07) is 11.8. The van der Waals surface area contributed by atoms with Crippen LogP contribution in [0.3, 0.4) is 0 Å². The fraction of sp³-hybridized carbons (Fsp3) is 0.583. The number of aryl methyl sites for hydroxylation is 1. The molecule has 1 aromatic heterocycles. The van der Waals surface area contributed by atoms with Gasteiger partial charge in [0, 0.05) is 43.0 Å². The van der Waals surface area contributed by atoms with Gasteiger partial charge in [0.05, 0.1) is 11.6 Å². The Morgan fingerprint density at radius 3 is 2.62 bits per heavy atom. The third kappa shape index (κ3) is 3.61. The maximum atomic E-state index is 13.5. The molecule has 2 aliphatic rings. The van der Waals surface area contributed by atoms with Gasteiger partial charge in [0.1, 0.15) is 0 Å². The van der Waals surface area contributed by atoms with E-state index >= 15 is 0 Å². The van der Waals surface area contributed by atoms with Crippen molar-refractivity contribution in [3.8, 4) is 0 Å². The topological polar surface area (TPSA) is 41.4 Å². The van der Waals surface area contributed by atoms with Gasteiger partial charge < -0.3 is 4.90 Å². The quantitative estimate of drug-likeness (QED) is 0.761. The van der Waals surface area contributed by atoms with Crippen LogP contribution < -0.4 is 0 Å². The Balaban J connectivity index is 1.52. The number of carbonyl (C=O) groups excluding carboxylic acids is 1. The Labute approximate surface area is 174 Å². The van der Waals surface area contributed by atoms with Crippen molar-refractivity contribution in [1.82, 2.24) is 19.6 Å². The lowest BCUT2D eigenvalue weighted by molar-refractivity contribution is -0.135. The molecule has 0 saturated carbocycles. The van der Waals surface area contributed by atoms with Crippen LogP contribution in [0.15, 0.2) is 30.3 Å². The molecule has 1 amide bonds. The SMILES string of the molecule is Cc1nn(C(C)C)c(C)c1CN(C)C(=O)[C@H]1C[C@@H](c2ccccc2)N2CCC[C@H]12. The van der Waals surface area contributed by atoms with Crippen LogP contribution in [0, 0.1) is 19.8 Å². The molecule has 5 nitrogen and oxygen atoms in total. The van der Waals surface area contributed by atoms with Gasteiger partial charge in [-0.1, -0.05) is 30.3 Å². The van der Waals surface area contributed by atoms with Gasteiger partial charge in [-0.15, -0.1) is 0 Å². The van der Waals surface area contributed by atoms with Gasteiger partial charge in [-0.2, -0.15) is 5.10 Å². The molecule has 5 heteroatoms. The van der Waals surface area contributed by atoms with E-state index in [1.54, 1.807) is 0 Å². The second-order valence-electron chi connectivity index (χ2n) is 9.10. The first-order chi connectivity index (χ1) is 13.9. The fourth-order valence-electron chi connectivity index (χ4n) is 5.46. The summed E-state index contributed by atoms with van der Waals surface area (Å²) in [6.07, 6.45) is 3.26. The molecular weight excluding hydrogens is 360 g/mol. The molecule has 1 aromatic carbocycles. The number of carbonyl (C=O) groups is 1. The minimum Gasteiger partial charge on any atom is -0.341 e. The zero-order valence-electron chi connectivity index (χ0n) is 18.4. The van der Waals surface area contributed by atoms with Crippen LogP contribution >= 0.6 is 0 Å². The van der Waals surface area contributed by atoms with Crippen molar-refractivity contribution >= 4 is 5.91 Å². The number of nitrogens with zero attached hydrogens (tertiary/aromatic N) is 4. The fourth-order valence-corrected chi connectivity index (χ4v) is 5.46. The van der Waals surface area contributed by atoms with Crippen LogP contribution in [-0.2, 0) is 11.3 Å². The third-order valence-corrected chi connectivity index (χ3v) is 6.92. The van der Waals surface area contributed by atoms with E-state index in [0.29, 0.717) is 24.7 Å². The number of fused-ring (bicyclic) bond motifs is 1. The summed E-state index contributed by atoms with van der Waals surface area (Å²) in [5.41, 5.74) is 4.75. The van der Waals surface area contributed by atoms with E-state index in [2.05, 4.69) is 67.6 Å². The van der Waals surface area contributed by atoms with Gasteiger partial charge in [-0.3, -0.25) is 14.4 Å². The predicted molar refractivity (Wildman–Crippen MR) is 116 cm³/mol. The van der Waals surface area contributed by atoms with E-state index in [9.17, 15) is 4.79 Å². The Morgan fingerprint density at radius 2 is 1.97 bits per heavy atom. The molecule has 4 rings (SSSR count). The summed E-state index contributed by atoms with van der Waals surface area (Å²) in [4.78, 5) is 18.0. The zero-order chi connectivity index (χ0) is 20.7. The molecule has 0 spiro atoms. The molecule has 0 unspecified atom stereocenters. The minimum absolute atomic E-state index is 0.0912. The lowest BCUT2D eigenvalue weighted by Gasteiger charge is -2.26. The summed E-state index contributed by atoms with van der Waals surface area (Å²) in [6.45, 7) is 10.2. The van der Waals surface area contributed by atoms with Crippen LogP contribution in [0.4, 0.5) is 0 Å². The summed E-state index contributed by atoms with van der Waals surface area (Å²) >= 11 is 0. The van der Waals surface area contributed by atoms with Gasteiger partial charge in [0.2, 0.25) is 5.91 Å². The molecule has 3 heterocycles. The van der Waals surface area contributed by atoms with E-state index in [0.717, 1.165) is 25.1 Å². The third-order valence-electron chi connectivity index (χ3n) is 6.92. The molecule has 0 aliphatic carbocycles. The van der Waals surface area contributed by atoms with Crippen molar-refractivity contribution < 1.29 is 4.79 Å². The van der Waals surface area contributed by atoms with Crippen LogP contribution in [0.5, 0.6) is 0 Å². The Hall–Kier alpha value is -2.14. The number of rotatable bonds is 5. The number of hydrogen-bond donors (Lipinski definition) is 0. The molecule has 2 aliphatic heterocycles. The van der Waals surface area contributed by atoms with Crippen molar-refractivity contribution in [2.24, 2.45) is 5.92 Å². The average molecular weight is 395 g/mol. The van der Waals surface area contributed by atoms with Crippen LogP contribution in [-0.4, -0.2) is 45.1 Å². The van der Waals surface area contributed by atoms with E-state index < -0.39 is 0 Å². The first-order valence-corrected chi connectivity index (χ1v) is 11.0. The molecule has 2 fully saturated rings. The summed E-state index contributed by atoms with van der Waals surface area (Å²) in [5, 5.41) is 4.69. The summed E-state index contributed by atoms with van der Waals surface area (Å²) in [7, 11) is 1.96. The van der Waals surface area contributed by atoms with Gasteiger partial charge in [-0.05, 0) is 59.1 Å². The van der Waals surface area contributed by atoms with Crippen LogP contribution in [0.25, 0.3) is 0 Å². The Bertz CT molecular complexity index is 873. The first kappa shape index (κ1) is 20.1. The lowest BCUT2D eigenvalue weighted by Crippen LogP contribution is -2.38. The molecule has 2 aromatic rings. The van der Waals surface area contributed by atoms with Gasteiger partial charge in [0.15, 0.2) is 0 Å². The van der Waals surface area contributed by atoms with Crippen LogP contribution in [0.1, 0.15) is 67.7 Å². The molecule has 0 N–H and O–H groups in total. The number of benzene rings is 1. The van der Waals surface area contributed by atoms with Crippen molar-refractivity contribution in [1.29, 1.82) is 0 Å². The van der Waals surface area contributed by atoms with Crippen molar-refractivity contribution in [3.63, 3.8) is 0 Å². The maximum Gasteiger partial charge on any atom is 0.227 e. The van der Waals surface area contributed by atoms with Gasteiger partial charge in [-0.25, -0.2) is 0 Å². The number of hydrogen-bond acceptors (Lipinski definition) is 3. The highest BCUT2D eigenvalue weighted by molar-refractivity contribution is 5.80. The lowest BCUT2D eigenvalue weighted by atomic mass is 9.93. The molecule has 3 atom stereocenters. The number of amides is 1. The normalized spacial score (nSPS) is 24.3. The standard InChI is InChI=1S/C24H34N4O/c1-16(2)28-18(4)21(17(3)25-28)15-26(5)24(29)20-14-23(19-10-7-6-8-11-19)27-13-9-12-22(20)27/h6-8,10-11,16,20,22-23H,9,12-15H2,1-5H3/t20-,22+,23-/m0/s1. The minimum atomic E-state index is 0.0912. The van der Waals surface area contributed by atoms with Gasteiger partial charge >= 0.3 is 0 Å². The summed E-state index contributed by atoms with van der Waals surface area (Å²) in [5.74, 6) is 0.380. The second kappa shape index (κ2) is 7.94. The second-order valence-corrected chi connectivity index (χ2v) is 9.10. The van der Waals surface area contributed by atoms with Crippen molar-refractivity contribution in [3.05, 3.63) is 52.8 Å². The van der Waals surface area contributed by atoms with E-state index in [1.807, 2.05) is 11.9 Å². The average Bonchev–Trinajstić information content (AvgIpc) is 3.38. The van der Waals surface area contributed by atoms with Crippen LogP contribution in [0.2, 0.25) is 0 Å². The Kier molecular flexibility index (Phi) is 5.52. The highest BCUT2D eigenvalue weighted by atomic mass is 16.2. The van der Waals surface area contributed by atoms with Gasteiger partial charge in [0.25, 0.3) is 0 Å². The molecule has 0 radical (unpaired) electrons. The largest absolute Gasteiger partial charge is 0.341 e. The highest BCUT2D eigenvalue weighted by Gasteiger charge is 2.47. The smallest absolute Gasteiger partial charge is 0.227 e. The van der Waals surface area contributed by atoms with E-state index in [-0.39, 0.29) is 11.8 Å². The maximum absolute atomic E-state index is 13.5. The predicted octanol–water partition coefficient (Wildman–Crippen LogP) is 4.26. The molecular formula is C24H34N4O. The van der Waals surface area contributed by atoms with Crippen molar-refractivity contribution in [2.45, 2.75) is 71.6 Å². The molecule has 2 saturated heterocycles. The molecule has 0 bridgehead atoms. The summed E-state index contributed by atoms with van der Waals surface area (Å²) < 4.78 is 2.07. The van der Waals surface area contributed by atoms with E-state index in [1.165, 1.54) is 23.2 Å². The first-order valence-electron chi connectivity index (χ1n) is 11.0. The highest BCUT2D eigenvalue weighted by Crippen LogP contribution is 2.45. The monoisotopic (exact) mass is 394 g/mol. The zero-order valence-corrected chi connectivity index (χ0v) is 18.4. The van der Waals surface area contributed by atoms with Crippen molar-refractivity contribution in [2.75, 3.05) is 13.6 Å². The Morgan fingerprint density at radius 1 is 1.24 bits per heavy atom. The molecule has 29 heavy (non-hydrogen) atoms. The number of aromatic nitrogens is 2. The molecule has 156 valence electrons.